The molecule has 1 aromatic rings. The molecule has 0 aliphatic heterocycles. The number of carbonyl (C=O) groups excluding carboxylic acids is 4. The number of hydrogen-bond acceptors (Lipinski definition) is 6. The minimum absolute atomic E-state index is 0.0789. The molecule has 1 rings (SSSR count). The van der Waals surface area contributed by atoms with E-state index in [2.05, 4.69) is 16.0 Å². The van der Waals surface area contributed by atoms with Gasteiger partial charge in [0.2, 0.25) is 11.8 Å². The van der Waals surface area contributed by atoms with Crippen LogP contribution in [0.1, 0.15) is 45.6 Å². The van der Waals surface area contributed by atoms with Gasteiger partial charge in [-0.15, -0.1) is 0 Å². The van der Waals surface area contributed by atoms with Gasteiger partial charge < -0.3 is 31.2 Å². The maximum absolute atomic E-state index is 12.0. The largest absolute Gasteiger partial charge is 0.445 e. The Labute approximate surface area is 182 Å². The zero-order valence-corrected chi connectivity index (χ0v) is 18.2. The van der Waals surface area contributed by atoms with Gasteiger partial charge >= 0.3 is 12.2 Å². The molecule has 0 spiro atoms. The summed E-state index contributed by atoms with van der Waals surface area (Å²) in [5, 5.41) is 7.41. The Morgan fingerprint density at radius 2 is 1.68 bits per heavy atom. The van der Waals surface area contributed by atoms with Crippen molar-refractivity contribution in [2.45, 2.75) is 58.3 Å². The van der Waals surface area contributed by atoms with Gasteiger partial charge in [0.1, 0.15) is 24.8 Å². The molecule has 0 fully saturated rings. The highest BCUT2D eigenvalue weighted by atomic mass is 16.6. The Bertz CT molecular complexity index is 733. The number of nitrogens with one attached hydrogen (secondary N) is 3. The summed E-state index contributed by atoms with van der Waals surface area (Å²) in [6.45, 7) is 5.40. The first-order chi connectivity index (χ1) is 14.6. The molecule has 0 aliphatic rings. The first kappa shape index (κ1) is 25.7. The molecular weight excluding hydrogens is 404 g/mol. The van der Waals surface area contributed by atoms with Crippen LogP contribution in [0.4, 0.5) is 9.59 Å². The highest BCUT2D eigenvalue weighted by Gasteiger charge is 2.19. The summed E-state index contributed by atoms with van der Waals surface area (Å²) < 4.78 is 10.1. The Kier molecular flexibility index (Phi) is 10.9. The molecule has 31 heavy (non-hydrogen) atoms. The third-order valence-electron chi connectivity index (χ3n) is 3.87. The lowest BCUT2D eigenvalue weighted by Gasteiger charge is -2.19. The van der Waals surface area contributed by atoms with Crippen molar-refractivity contribution in [2.75, 3.05) is 13.1 Å². The molecule has 1 atom stereocenters. The van der Waals surface area contributed by atoms with Gasteiger partial charge in [-0.1, -0.05) is 30.3 Å². The predicted molar refractivity (Wildman–Crippen MR) is 114 cm³/mol. The van der Waals surface area contributed by atoms with Gasteiger partial charge in [-0.05, 0) is 45.6 Å². The molecule has 0 aromatic heterocycles. The Hall–Kier alpha value is -3.30. The summed E-state index contributed by atoms with van der Waals surface area (Å²) in [5.41, 5.74) is 5.57. The number of ether oxygens (including phenoxy) is 2. The highest BCUT2D eigenvalue weighted by Crippen LogP contribution is 2.07. The molecule has 10 nitrogen and oxygen atoms in total. The van der Waals surface area contributed by atoms with Crippen LogP contribution in [0.3, 0.4) is 0 Å². The van der Waals surface area contributed by atoms with Gasteiger partial charge in [0, 0.05) is 6.54 Å². The second kappa shape index (κ2) is 13.1. The van der Waals surface area contributed by atoms with Crippen molar-refractivity contribution in [3.05, 3.63) is 35.9 Å². The minimum Gasteiger partial charge on any atom is -0.445 e. The molecular formula is C21H32N4O6. The first-order valence-corrected chi connectivity index (χ1v) is 10.1. The topological polar surface area (TPSA) is 149 Å². The summed E-state index contributed by atoms with van der Waals surface area (Å²) >= 11 is 0. The van der Waals surface area contributed by atoms with E-state index in [4.69, 9.17) is 15.2 Å². The lowest BCUT2D eigenvalue weighted by atomic mass is 10.1. The number of amides is 4. The van der Waals surface area contributed by atoms with Crippen LogP contribution in [0, 0.1) is 0 Å². The fourth-order valence-electron chi connectivity index (χ4n) is 2.44. The SMILES string of the molecule is CC(C)(C)OC(=O)NCCCC[C@H](NC(=O)CNC(=O)OCc1ccccc1)C(N)=O. The van der Waals surface area contributed by atoms with Crippen LogP contribution >= 0.6 is 0 Å². The van der Waals surface area contributed by atoms with Crippen molar-refractivity contribution in [1.29, 1.82) is 0 Å². The first-order valence-electron chi connectivity index (χ1n) is 10.1. The van der Waals surface area contributed by atoms with E-state index in [-0.39, 0.29) is 13.2 Å². The van der Waals surface area contributed by atoms with Crippen LogP contribution in [-0.2, 0) is 25.7 Å². The number of alkyl carbamates (subject to hydrolysis) is 2. The quantitative estimate of drug-likeness (QED) is 0.387. The molecule has 0 saturated heterocycles. The lowest BCUT2D eigenvalue weighted by Crippen LogP contribution is -2.48. The summed E-state index contributed by atoms with van der Waals surface area (Å²) in [6, 6.07) is 8.22. The number of primary amides is 1. The average Bonchev–Trinajstić information content (AvgIpc) is 2.68. The number of unbranched alkanes of at least 4 members (excludes halogenated alkanes) is 1. The van der Waals surface area contributed by atoms with E-state index >= 15 is 0 Å². The number of carbonyl (C=O) groups is 4. The molecule has 0 bridgehead atoms. The van der Waals surface area contributed by atoms with Gasteiger partial charge in [-0.25, -0.2) is 9.59 Å². The van der Waals surface area contributed by atoms with Crippen LogP contribution in [0.2, 0.25) is 0 Å². The van der Waals surface area contributed by atoms with Crippen molar-refractivity contribution < 1.29 is 28.7 Å². The summed E-state index contributed by atoms with van der Waals surface area (Å²) in [6.07, 6.45) is 0.148. The van der Waals surface area contributed by atoms with E-state index in [1.165, 1.54) is 0 Å². The van der Waals surface area contributed by atoms with Crippen molar-refractivity contribution in [3.8, 4) is 0 Å². The zero-order valence-electron chi connectivity index (χ0n) is 18.2. The normalized spacial score (nSPS) is 11.7. The van der Waals surface area contributed by atoms with Crippen LogP contribution in [0.25, 0.3) is 0 Å². The molecule has 10 heteroatoms. The number of benzene rings is 1. The summed E-state index contributed by atoms with van der Waals surface area (Å²) in [5.74, 6) is -1.24. The summed E-state index contributed by atoms with van der Waals surface area (Å²) in [7, 11) is 0. The van der Waals surface area contributed by atoms with E-state index in [1.54, 1.807) is 32.9 Å². The molecule has 0 radical (unpaired) electrons. The minimum atomic E-state index is -0.879. The predicted octanol–water partition coefficient (Wildman–Crippen LogP) is 1.58. The fourth-order valence-corrected chi connectivity index (χ4v) is 2.44. The Balaban J connectivity index is 2.24. The van der Waals surface area contributed by atoms with Gasteiger partial charge in [-0.2, -0.15) is 0 Å². The van der Waals surface area contributed by atoms with Gasteiger partial charge in [-0.3, -0.25) is 9.59 Å². The van der Waals surface area contributed by atoms with Crippen LogP contribution in [0.15, 0.2) is 30.3 Å². The highest BCUT2D eigenvalue weighted by molar-refractivity contribution is 5.88. The van der Waals surface area contributed by atoms with Gasteiger partial charge in [0.15, 0.2) is 0 Å². The summed E-state index contributed by atoms with van der Waals surface area (Å²) in [4.78, 5) is 46.8. The third-order valence-corrected chi connectivity index (χ3v) is 3.87. The zero-order chi connectivity index (χ0) is 23.3. The molecule has 0 unspecified atom stereocenters. The molecule has 0 heterocycles. The van der Waals surface area contributed by atoms with E-state index < -0.39 is 35.6 Å². The van der Waals surface area contributed by atoms with Gasteiger partial charge in [0.25, 0.3) is 0 Å². The molecule has 0 saturated carbocycles. The maximum atomic E-state index is 12.0. The Morgan fingerprint density at radius 1 is 1.00 bits per heavy atom. The van der Waals surface area contributed by atoms with Gasteiger partial charge in [0.05, 0.1) is 0 Å². The van der Waals surface area contributed by atoms with Crippen LogP contribution < -0.4 is 21.7 Å². The molecule has 0 aliphatic carbocycles. The number of hydrogen-bond donors (Lipinski definition) is 4. The number of rotatable bonds is 11. The van der Waals surface area contributed by atoms with Crippen LogP contribution in [-0.4, -0.2) is 48.7 Å². The molecule has 1 aromatic carbocycles. The van der Waals surface area contributed by atoms with Crippen molar-refractivity contribution in [1.82, 2.24) is 16.0 Å². The fraction of sp³-hybridized carbons (Fsp3) is 0.524. The molecule has 5 N–H and O–H groups in total. The monoisotopic (exact) mass is 436 g/mol. The maximum Gasteiger partial charge on any atom is 0.407 e. The van der Waals surface area contributed by atoms with Crippen molar-refractivity contribution in [2.24, 2.45) is 5.73 Å². The lowest BCUT2D eigenvalue weighted by molar-refractivity contribution is -0.127. The second-order valence-corrected chi connectivity index (χ2v) is 7.86. The van der Waals surface area contributed by atoms with E-state index in [0.717, 1.165) is 5.56 Å². The second-order valence-electron chi connectivity index (χ2n) is 7.86. The average molecular weight is 437 g/mol. The standard InChI is InChI=1S/C21H32N4O6/c1-21(2,3)31-20(29)23-12-8-7-11-16(18(22)27)25-17(26)13-24-19(28)30-14-15-9-5-4-6-10-15/h4-6,9-10,16H,7-8,11-14H2,1-3H3,(H2,22,27)(H,23,29)(H,24,28)(H,25,26)/t16-/m0/s1. The smallest absolute Gasteiger partial charge is 0.407 e. The van der Waals surface area contributed by atoms with Crippen molar-refractivity contribution >= 4 is 24.0 Å². The van der Waals surface area contributed by atoms with E-state index in [1.807, 2.05) is 18.2 Å². The molecule has 4 amide bonds. The van der Waals surface area contributed by atoms with E-state index in [0.29, 0.717) is 25.8 Å². The van der Waals surface area contributed by atoms with Crippen molar-refractivity contribution in [3.63, 3.8) is 0 Å². The third kappa shape index (κ3) is 12.8. The van der Waals surface area contributed by atoms with Crippen LogP contribution in [0.5, 0.6) is 0 Å². The number of nitrogens with two attached hydrogens (primary N) is 1. The molecule has 172 valence electrons. The Morgan fingerprint density at radius 3 is 2.29 bits per heavy atom. The van der Waals surface area contributed by atoms with E-state index in [9.17, 15) is 19.2 Å².